The first kappa shape index (κ1) is 13.9. The summed E-state index contributed by atoms with van der Waals surface area (Å²) < 4.78 is 5.00. The van der Waals surface area contributed by atoms with Crippen LogP contribution in [0, 0.1) is 10.1 Å². The van der Waals surface area contributed by atoms with Gasteiger partial charge < -0.3 is 9.64 Å². The molecule has 0 heterocycles. The van der Waals surface area contributed by atoms with E-state index in [4.69, 9.17) is 4.74 Å². The molecule has 20 heavy (non-hydrogen) atoms. The topological polar surface area (TPSA) is 55.6 Å². The summed E-state index contributed by atoms with van der Waals surface area (Å²) in [7, 11) is 3.38. The van der Waals surface area contributed by atoms with Gasteiger partial charge in [0, 0.05) is 25.3 Å². The van der Waals surface area contributed by atoms with Crippen LogP contribution in [0.5, 0.6) is 5.75 Å². The van der Waals surface area contributed by atoms with Crippen LogP contribution in [0.2, 0.25) is 0 Å². The molecule has 0 bridgehead atoms. The number of hydrogen-bond donors (Lipinski definition) is 0. The monoisotopic (exact) mass is 272 g/mol. The van der Waals surface area contributed by atoms with Gasteiger partial charge in [-0.1, -0.05) is 24.3 Å². The van der Waals surface area contributed by atoms with Crippen LogP contribution in [0.1, 0.15) is 5.56 Å². The molecular weight excluding hydrogens is 256 g/mol. The zero-order chi connectivity index (χ0) is 14.5. The van der Waals surface area contributed by atoms with Crippen molar-refractivity contribution in [3.63, 3.8) is 0 Å². The summed E-state index contributed by atoms with van der Waals surface area (Å²) >= 11 is 0. The van der Waals surface area contributed by atoms with Crippen molar-refractivity contribution in [1.82, 2.24) is 0 Å². The van der Waals surface area contributed by atoms with Gasteiger partial charge in [-0.2, -0.15) is 0 Å². The maximum Gasteiger partial charge on any atom is 0.311 e. The highest BCUT2D eigenvalue weighted by Crippen LogP contribution is 2.28. The van der Waals surface area contributed by atoms with Gasteiger partial charge in [-0.15, -0.1) is 0 Å². The second-order valence-electron chi connectivity index (χ2n) is 4.45. The Hall–Kier alpha value is -2.56. The summed E-state index contributed by atoms with van der Waals surface area (Å²) in [5, 5.41) is 11.0. The first-order valence-corrected chi connectivity index (χ1v) is 6.19. The minimum absolute atomic E-state index is 0.00791. The molecule has 0 fully saturated rings. The number of ether oxygens (including phenoxy) is 1. The van der Waals surface area contributed by atoms with Crippen molar-refractivity contribution < 1.29 is 9.66 Å². The van der Waals surface area contributed by atoms with Gasteiger partial charge in [0.25, 0.3) is 0 Å². The molecule has 0 saturated heterocycles. The lowest BCUT2D eigenvalue weighted by Crippen LogP contribution is -2.16. The molecule has 2 rings (SSSR count). The summed E-state index contributed by atoms with van der Waals surface area (Å²) in [6.45, 7) is 0.592. The van der Waals surface area contributed by atoms with Gasteiger partial charge >= 0.3 is 5.69 Å². The minimum Gasteiger partial charge on any atom is -0.490 e. The molecule has 0 aliphatic heterocycles. The summed E-state index contributed by atoms with van der Waals surface area (Å²) in [5.41, 5.74) is 1.92. The van der Waals surface area contributed by atoms with Crippen LogP contribution in [0.3, 0.4) is 0 Å². The molecule has 0 spiro atoms. The molecule has 0 aliphatic carbocycles. The van der Waals surface area contributed by atoms with Gasteiger partial charge in [-0.3, -0.25) is 10.1 Å². The highest BCUT2D eigenvalue weighted by molar-refractivity contribution is 5.51. The highest BCUT2D eigenvalue weighted by Gasteiger charge is 2.15. The quantitative estimate of drug-likeness (QED) is 0.619. The zero-order valence-corrected chi connectivity index (χ0v) is 11.4. The average Bonchev–Trinajstić information content (AvgIpc) is 2.48. The van der Waals surface area contributed by atoms with E-state index in [0.717, 1.165) is 11.3 Å². The second-order valence-corrected chi connectivity index (χ2v) is 4.45. The molecule has 0 N–H and O–H groups in total. The lowest BCUT2D eigenvalue weighted by atomic mass is 10.1. The molecule has 5 nitrogen and oxygen atoms in total. The van der Waals surface area contributed by atoms with Crippen LogP contribution in [0.25, 0.3) is 0 Å². The fourth-order valence-electron chi connectivity index (χ4n) is 2.02. The predicted molar refractivity (Wildman–Crippen MR) is 78.2 cm³/mol. The Labute approximate surface area is 117 Å². The van der Waals surface area contributed by atoms with E-state index in [-0.39, 0.29) is 11.4 Å². The van der Waals surface area contributed by atoms with Crippen molar-refractivity contribution >= 4 is 11.4 Å². The Bertz CT molecular complexity index is 599. The van der Waals surface area contributed by atoms with Gasteiger partial charge in [-0.25, -0.2) is 0 Å². The Morgan fingerprint density at radius 2 is 1.90 bits per heavy atom. The molecule has 0 aliphatic rings. The molecule has 5 heteroatoms. The summed E-state index contributed by atoms with van der Waals surface area (Å²) in [6.07, 6.45) is 0. The number of nitrogens with zero attached hydrogens (tertiary/aromatic N) is 2. The van der Waals surface area contributed by atoms with Crippen LogP contribution >= 0.6 is 0 Å². The van der Waals surface area contributed by atoms with E-state index in [1.807, 2.05) is 48.3 Å². The maximum atomic E-state index is 11.0. The van der Waals surface area contributed by atoms with E-state index in [0.29, 0.717) is 6.54 Å². The minimum atomic E-state index is -0.426. The number of rotatable bonds is 5. The Morgan fingerprint density at radius 3 is 2.50 bits per heavy atom. The van der Waals surface area contributed by atoms with E-state index in [1.54, 1.807) is 12.1 Å². The molecule has 0 saturated carbocycles. The van der Waals surface area contributed by atoms with Crippen molar-refractivity contribution in [2.45, 2.75) is 6.54 Å². The number of anilines is 1. The number of hydrogen-bond acceptors (Lipinski definition) is 4. The third-order valence-electron chi connectivity index (χ3n) is 3.06. The molecule has 0 radical (unpaired) electrons. The van der Waals surface area contributed by atoms with Gasteiger partial charge in [0.2, 0.25) is 0 Å². The largest absolute Gasteiger partial charge is 0.490 e. The molecule has 0 amide bonds. The lowest BCUT2D eigenvalue weighted by molar-refractivity contribution is -0.385. The number of nitro benzene ring substituents is 1. The molecule has 104 valence electrons. The van der Waals surface area contributed by atoms with Crippen LogP contribution < -0.4 is 9.64 Å². The lowest BCUT2D eigenvalue weighted by Gasteiger charge is -2.19. The first-order valence-electron chi connectivity index (χ1n) is 6.19. The van der Waals surface area contributed by atoms with E-state index >= 15 is 0 Å². The maximum absolute atomic E-state index is 11.0. The van der Waals surface area contributed by atoms with E-state index in [2.05, 4.69) is 0 Å². The van der Waals surface area contributed by atoms with Crippen LogP contribution in [0.15, 0.2) is 48.5 Å². The van der Waals surface area contributed by atoms with Gasteiger partial charge in [0.15, 0.2) is 5.75 Å². The number of nitro groups is 1. The van der Waals surface area contributed by atoms with Crippen LogP contribution in [-0.2, 0) is 6.54 Å². The summed E-state index contributed by atoms with van der Waals surface area (Å²) in [5.74, 6) is 0.279. The first-order chi connectivity index (χ1) is 9.61. The van der Waals surface area contributed by atoms with E-state index in [9.17, 15) is 10.1 Å². The smallest absolute Gasteiger partial charge is 0.311 e. The summed E-state index contributed by atoms with van der Waals surface area (Å²) in [6, 6.07) is 14.9. The molecule has 0 aromatic heterocycles. The molecule has 0 unspecified atom stereocenters. The SMILES string of the molecule is COc1ccc(CN(C)c2ccccc2)cc1[N+](=O)[O-]. The molecule has 2 aromatic rings. The van der Waals surface area contributed by atoms with Gasteiger partial charge in [-0.05, 0) is 23.8 Å². The zero-order valence-electron chi connectivity index (χ0n) is 11.4. The highest BCUT2D eigenvalue weighted by atomic mass is 16.6. The molecular formula is C15H16N2O3. The predicted octanol–water partition coefficient (Wildman–Crippen LogP) is 3.24. The molecule has 2 aromatic carbocycles. The Kier molecular flexibility index (Phi) is 4.20. The average molecular weight is 272 g/mol. The van der Waals surface area contributed by atoms with E-state index in [1.165, 1.54) is 7.11 Å². The Balaban J connectivity index is 2.22. The normalized spacial score (nSPS) is 10.1. The number of para-hydroxylation sites is 1. The van der Waals surface area contributed by atoms with Crippen LogP contribution in [0.4, 0.5) is 11.4 Å². The van der Waals surface area contributed by atoms with Gasteiger partial charge in [0.05, 0.1) is 12.0 Å². The molecule has 0 atom stereocenters. The fraction of sp³-hybridized carbons (Fsp3) is 0.200. The number of benzene rings is 2. The van der Waals surface area contributed by atoms with Crippen molar-refractivity contribution in [3.05, 3.63) is 64.2 Å². The van der Waals surface area contributed by atoms with Crippen molar-refractivity contribution in [1.29, 1.82) is 0 Å². The van der Waals surface area contributed by atoms with Crippen LogP contribution in [-0.4, -0.2) is 19.1 Å². The number of methoxy groups -OCH3 is 1. The second kappa shape index (κ2) is 6.06. The third kappa shape index (κ3) is 3.06. The van der Waals surface area contributed by atoms with Gasteiger partial charge in [0.1, 0.15) is 0 Å². The third-order valence-corrected chi connectivity index (χ3v) is 3.06. The standard InChI is InChI=1S/C15H16N2O3/c1-16(13-6-4-3-5-7-13)11-12-8-9-15(20-2)14(10-12)17(18)19/h3-10H,11H2,1-2H3. The fourth-order valence-corrected chi connectivity index (χ4v) is 2.02. The van der Waals surface area contributed by atoms with E-state index < -0.39 is 4.92 Å². The Morgan fingerprint density at radius 1 is 1.20 bits per heavy atom. The van der Waals surface area contributed by atoms with Crippen molar-refractivity contribution in [2.75, 3.05) is 19.1 Å². The van der Waals surface area contributed by atoms with Crippen molar-refractivity contribution in [3.8, 4) is 5.75 Å². The van der Waals surface area contributed by atoms with Crippen molar-refractivity contribution in [2.24, 2.45) is 0 Å². The summed E-state index contributed by atoms with van der Waals surface area (Å²) in [4.78, 5) is 12.6.